The molecule has 0 spiro atoms. The first-order valence-electron chi connectivity index (χ1n) is 16.0. The first-order valence-corrected chi connectivity index (χ1v) is 19.5. The van der Waals surface area contributed by atoms with Crippen LogP contribution in [0.25, 0.3) is 21.6 Å². The Morgan fingerprint density at radius 3 is 2.43 bits per heavy atom. The van der Waals surface area contributed by atoms with E-state index in [-0.39, 0.29) is 21.3 Å². The number of benzene rings is 3. The topological polar surface area (TPSA) is 151 Å². The lowest BCUT2D eigenvalue weighted by Crippen LogP contribution is -2.23. The fourth-order valence-corrected chi connectivity index (χ4v) is 9.86. The normalized spacial score (nSPS) is 13.3. The molecule has 1 aliphatic carbocycles. The fraction of sp³-hybridized carbons (Fsp3) is 0.229. The Labute approximate surface area is 305 Å². The zero-order valence-electron chi connectivity index (χ0n) is 27.7. The van der Waals surface area contributed by atoms with Crippen molar-refractivity contribution in [2.45, 2.75) is 60.9 Å². The first-order chi connectivity index (χ1) is 24.4. The van der Waals surface area contributed by atoms with E-state index in [0.717, 1.165) is 65.9 Å². The molecular weight excluding hydrogens is 732 g/mol. The zero-order chi connectivity index (χ0) is 36.2. The molecule has 0 bridgehead atoms. The molecule has 0 saturated carbocycles. The number of aryl methyl sites for hydroxylation is 3. The molecule has 0 radical (unpaired) electrons. The minimum absolute atomic E-state index is 0.0672. The molecule has 3 heterocycles. The predicted molar refractivity (Wildman–Crippen MR) is 200 cm³/mol. The molecule has 16 heteroatoms. The summed E-state index contributed by atoms with van der Waals surface area (Å²) >= 11 is 8.85. The van der Waals surface area contributed by atoms with Gasteiger partial charge in [0, 0.05) is 23.0 Å². The van der Waals surface area contributed by atoms with Crippen molar-refractivity contribution in [2.75, 3.05) is 4.72 Å². The van der Waals surface area contributed by atoms with Gasteiger partial charge in [0.1, 0.15) is 10.5 Å². The molecule has 51 heavy (non-hydrogen) atoms. The van der Waals surface area contributed by atoms with E-state index in [1.807, 2.05) is 6.92 Å². The number of hydrogen-bond acceptors (Lipinski definition) is 9. The second-order valence-corrected chi connectivity index (χ2v) is 16.4. The molecule has 3 aromatic carbocycles. The molecule has 1 aliphatic rings. The van der Waals surface area contributed by atoms with Crippen LogP contribution in [0.5, 0.6) is 0 Å². The smallest absolute Gasteiger partial charge is 0.283 e. The maximum absolute atomic E-state index is 14.4. The summed E-state index contributed by atoms with van der Waals surface area (Å²) in [5.41, 5.74) is 1.54. The van der Waals surface area contributed by atoms with Crippen LogP contribution < -0.4 is 15.8 Å². The van der Waals surface area contributed by atoms with Crippen LogP contribution in [-0.4, -0.2) is 32.3 Å². The Bertz CT molecular complexity index is 2610. The maximum Gasteiger partial charge on any atom is 0.296 e. The van der Waals surface area contributed by atoms with Crippen molar-refractivity contribution >= 4 is 66.3 Å². The highest BCUT2D eigenvalue weighted by Crippen LogP contribution is 2.39. The van der Waals surface area contributed by atoms with Gasteiger partial charge in [-0.15, -0.1) is 11.3 Å². The molecule has 0 fully saturated rings. The molecule has 0 saturated heterocycles. The van der Waals surface area contributed by atoms with Crippen LogP contribution in [0.4, 0.5) is 11.4 Å². The van der Waals surface area contributed by atoms with Crippen LogP contribution >= 0.6 is 34.7 Å². The molecule has 0 amide bonds. The fourth-order valence-electron chi connectivity index (χ4n) is 6.25. The lowest BCUT2D eigenvalue weighted by atomic mass is 10.1. The van der Waals surface area contributed by atoms with Crippen LogP contribution in [0, 0.1) is 24.0 Å². The number of fused-ring (bicyclic) bond motifs is 3. The summed E-state index contributed by atoms with van der Waals surface area (Å²) in [7, 11) is -2.84. The minimum Gasteiger partial charge on any atom is -0.283 e. The van der Waals surface area contributed by atoms with Gasteiger partial charge in [-0.1, -0.05) is 42.3 Å². The van der Waals surface area contributed by atoms with E-state index in [1.165, 1.54) is 37.4 Å². The van der Waals surface area contributed by atoms with E-state index in [4.69, 9.17) is 16.6 Å². The summed E-state index contributed by atoms with van der Waals surface area (Å²) < 4.78 is 33.9. The van der Waals surface area contributed by atoms with Crippen LogP contribution in [-0.2, 0) is 29.9 Å². The number of anilines is 1. The summed E-state index contributed by atoms with van der Waals surface area (Å²) in [5.74, 6) is 0. The summed E-state index contributed by atoms with van der Waals surface area (Å²) in [6.45, 7) is 3.44. The van der Waals surface area contributed by atoms with Gasteiger partial charge < -0.3 is 0 Å². The number of sulfonamides is 1. The van der Waals surface area contributed by atoms with Gasteiger partial charge in [-0.2, -0.15) is 0 Å². The van der Waals surface area contributed by atoms with Crippen LogP contribution in [0.2, 0.25) is 5.02 Å². The van der Waals surface area contributed by atoms with Crippen molar-refractivity contribution in [3.05, 3.63) is 124 Å². The molecule has 6 aromatic rings. The van der Waals surface area contributed by atoms with Crippen molar-refractivity contribution < 1.29 is 13.3 Å². The lowest BCUT2D eigenvalue weighted by Gasteiger charge is -2.14. The largest absolute Gasteiger partial charge is 0.296 e. The van der Waals surface area contributed by atoms with Gasteiger partial charge in [0.2, 0.25) is 0 Å². The third-order valence-electron chi connectivity index (χ3n) is 9.05. The lowest BCUT2D eigenvalue weighted by molar-refractivity contribution is -0.388. The average Bonchev–Trinajstić information content (AvgIpc) is 3.42. The van der Waals surface area contributed by atoms with Crippen LogP contribution in [0.1, 0.15) is 41.0 Å². The maximum atomic E-state index is 14.4. The highest BCUT2D eigenvalue weighted by molar-refractivity contribution is 7.99. The van der Waals surface area contributed by atoms with Crippen molar-refractivity contribution in [3.8, 4) is 11.4 Å². The Balaban J connectivity index is 1.31. The van der Waals surface area contributed by atoms with Crippen LogP contribution in [0.3, 0.4) is 0 Å². The average molecular weight is 763 g/mol. The SMILES string of the molecule is Cc1ccc(-n2c(Sc3ccc(S(=O)(=O)Nc4c(C)n(C)n(-c5ccccc5)c4=O)cc3[N+](=O)[O-])nc3sc4c(c3c2=O)CCCCC4)cc1Cl. The van der Waals surface area contributed by atoms with E-state index in [9.17, 15) is 28.1 Å². The second kappa shape index (κ2) is 13.5. The van der Waals surface area contributed by atoms with Gasteiger partial charge in [0.05, 0.1) is 37.2 Å². The van der Waals surface area contributed by atoms with Gasteiger partial charge in [0.25, 0.3) is 26.8 Å². The number of thiophene rings is 1. The van der Waals surface area contributed by atoms with Crippen molar-refractivity contribution in [1.29, 1.82) is 0 Å². The number of nitrogens with one attached hydrogen (secondary N) is 1. The van der Waals surface area contributed by atoms with E-state index >= 15 is 0 Å². The Morgan fingerprint density at radius 1 is 0.961 bits per heavy atom. The quantitative estimate of drug-likeness (QED) is 0.0733. The molecule has 7 rings (SSSR count). The number of rotatable bonds is 8. The third kappa shape index (κ3) is 6.28. The molecule has 0 atom stereocenters. The van der Waals surface area contributed by atoms with E-state index in [2.05, 4.69) is 4.72 Å². The number of aromatic nitrogens is 4. The highest BCUT2D eigenvalue weighted by Gasteiger charge is 2.28. The molecule has 262 valence electrons. The second-order valence-electron chi connectivity index (χ2n) is 12.2. The highest BCUT2D eigenvalue weighted by atomic mass is 35.5. The number of nitro benzene ring substituents is 1. The molecule has 3 aromatic heterocycles. The number of nitro groups is 1. The Hall–Kier alpha value is -4.70. The Kier molecular flexibility index (Phi) is 9.16. The number of nitrogens with zero attached hydrogens (tertiary/aromatic N) is 5. The standard InChI is InChI=1S/C35H31ClN6O6S3/c1-20-14-15-23(18-26(20)36)40-33(43)30-25-12-8-5-9-13-28(25)49-32(30)37-35(40)50-29-17-16-24(19-27(29)42(45)46)51(47,48)38-31-21(2)39(3)41(34(31)44)22-10-6-4-7-11-22/h4,6-7,10-11,14-19,38H,5,8-9,12-13H2,1-3H3. The molecular formula is C35H31ClN6O6S3. The van der Waals surface area contributed by atoms with Gasteiger partial charge >= 0.3 is 0 Å². The summed E-state index contributed by atoms with van der Waals surface area (Å²) in [6, 6.07) is 17.4. The summed E-state index contributed by atoms with van der Waals surface area (Å²) in [6.07, 6.45) is 4.69. The monoisotopic (exact) mass is 762 g/mol. The predicted octanol–water partition coefficient (Wildman–Crippen LogP) is 7.34. The zero-order valence-corrected chi connectivity index (χ0v) is 30.9. The molecule has 1 N–H and O–H groups in total. The van der Waals surface area contributed by atoms with E-state index < -0.39 is 31.1 Å². The van der Waals surface area contributed by atoms with Crippen molar-refractivity contribution in [3.63, 3.8) is 0 Å². The minimum atomic E-state index is -4.46. The molecule has 0 unspecified atom stereocenters. The van der Waals surface area contributed by atoms with Gasteiger partial charge in [0.15, 0.2) is 5.16 Å². The third-order valence-corrected chi connectivity index (χ3v) is 13.0. The van der Waals surface area contributed by atoms with Gasteiger partial charge in [-0.25, -0.2) is 18.1 Å². The van der Waals surface area contributed by atoms with Crippen molar-refractivity contribution in [2.24, 2.45) is 7.05 Å². The summed E-state index contributed by atoms with van der Waals surface area (Å²) in [4.78, 5) is 45.7. The van der Waals surface area contributed by atoms with E-state index in [1.54, 1.807) is 62.5 Å². The number of para-hydroxylation sites is 1. The van der Waals surface area contributed by atoms with Gasteiger partial charge in [-0.3, -0.25) is 33.7 Å². The molecule has 12 nitrogen and oxygen atoms in total. The number of hydrogen-bond donors (Lipinski definition) is 1. The summed E-state index contributed by atoms with van der Waals surface area (Å²) in [5, 5.41) is 13.6. The Morgan fingerprint density at radius 2 is 1.71 bits per heavy atom. The van der Waals surface area contributed by atoms with Gasteiger partial charge in [-0.05, 0) is 98.8 Å². The van der Waals surface area contributed by atoms with E-state index in [0.29, 0.717) is 32.3 Å². The van der Waals surface area contributed by atoms with Crippen molar-refractivity contribution in [1.82, 2.24) is 18.9 Å². The number of halogens is 1. The van der Waals surface area contributed by atoms with Crippen LogP contribution in [0.15, 0.2) is 91.3 Å². The first kappa shape index (κ1) is 34.7. The molecule has 0 aliphatic heterocycles.